The van der Waals surface area contributed by atoms with Crippen molar-refractivity contribution in [2.45, 2.75) is 0 Å². The van der Waals surface area contributed by atoms with Crippen LogP contribution in [0.4, 0.5) is 0 Å². The Hall–Kier alpha value is -1.72. The standard InChI is InChI=1S/C10H16N2O8.Fe.H3N/c13-7(14)3-11(4-8(15)16)1-2-12(5-9(17)18)6-10(19)20;;/h1-6H2,(H,13,14)(H,15,16)(H,17,18)(H,19,20);;1H3/q;+2;/p+1. The van der Waals surface area contributed by atoms with E-state index in [9.17, 15) is 19.2 Å². The van der Waals surface area contributed by atoms with E-state index in [0.29, 0.717) is 0 Å². The van der Waals surface area contributed by atoms with Crippen molar-refractivity contribution in [3.05, 3.63) is 0 Å². The minimum absolute atomic E-state index is 0. The minimum Gasteiger partial charge on any atom is -0.480 e. The van der Waals surface area contributed by atoms with Crippen molar-refractivity contribution in [1.82, 2.24) is 16.0 Å². The second kappa shape index (κ2) is 13.0. The van der Waals surface area contributed by atoms with Gasteiger partial charge >= 0.3 is 40.9 Å². The van der Waals surface area contributed by atoms with Crippen LogP contribution in [0, 0.1) is 0 Å². The van der Waals surface area contributed by atoms with E-state index >= 15 is 0 Å². The molecule has 0 radical (unpaired) electrons. The van der Waals surface area contributed by atoms with Crippen LogP contribution < -0.4 is 6.15 Å². The van der Waals surface area contributed by atoms with Gasteiger partial charge in [0.2, 0.25) is 0 Å². The summed E-state index contributed by atoms with van der Waals surface area (Å²) in [5.74, 6) is -4.91. The van der Waals surface area contributed by atoms with Crippen molar-refractivity contribution in [3.63, 3.8) is 0 Å². The first-order valence-corrected chi connectivity index (χ1v) is 5.52. The maximum atomic E-state index is 10.6. The number of carboxylic acid groups (broad SMARTS) is 4. The van der Waals surface area contributed by atoms with Crippen LogP contribution in [-0.4, -0.2) is 93.4 Å². The largest absolute Gasteiger partial charge is 2.00 e. The molecule has 128 valence electrons. The summed E-state index contributed by atoms with van der Waals surface area (Å²) in [5, 5.41) is 34.5. The third-order valence-electron chi connectivity index (χ3n) is 2.17. The molecule has 8 N–H and O–H groups in total. The molecule has 0 aromatic rings. The molecule has 0 fully saturated rings. The summed E-state index contributed by atoms with van der Waals surface area (Å²) in [4.78, 5) is 44.4. The summed E-state index contributed by atoms with van der Waals surface area (Å²) in [6.45, 7) is -2.25. The maximum Gasteiger partial charge on any atom is 2.00 e. The van der Waals surface area contributed by atoms with Crippen molar-refractivity contribution in [2.75, 3.05) is 39.3 Å². The first-order chi connectivity index (χ1) is 9.20. The fraction of sp³-hybridized carbons (Fsp3) is 0.600. The first kappa shape index (κ1) is 25.2. The molecule has 0 aliphatic rings. The fourth-order valence-electron chi connectivity index (χ4n) is 1.48. The summed E-state index contributed by atoms with van der Waals surface area (Å²) in [7, 11) is 0. The van der Waals surface area contributed by atoms with Gasteiger partial charge in [-0.05, 0) is 0 Å². The number of carbonyl (C=O) groups is 4. The summed E-state index contributed by atoms with van der Waals surface area (Å²) in [5.41, 5.74) is 0. The van der Waals surface area contributed by atoms with Gasteiger partial charge in [0.15, 0.2) is 0 Å². The van der Waals surface area contributed by atoms with Gasteiger partial charge in [-0.15, -0.1) is 0 Å². The van der Waals surface area contributed by atoms with Gasteiger partial charge in [-0.1, -0.05) is 0 Å². The van der Waals surface area contributed by atoms with E-state index in [1.165, 1.54) is 0 Å². The van der Waals surface area contributed by atoms with Crippen molar-refractivity contribution in [3.8, 4) is 0 Å². The third kappa shape index (κ3) is 14.7. The predicted molar refractivity (Wildman–Crippen MR) is 69.4 cm³/mol. The zero-order valence-corrected chi connectivity index (χ0v) is 13.0. The molecule has 22 heavy (non-hydrogen) atoms. The molecule has 0 amide bonds. The molecule has 0 saturated carbocycles. The topological polar surface area (TPSA) is 192 Å². The third-order valence-corrected chi connectivity index (χ3v) is 2.17. The van der Waals surface area contributed by atoms with Crippen LogP contribution in [-0.2, 0) is 36.2 Å². The Kier molecular flexibility index (Phi) is 14.9. The predicted octanol–water partition coefficient (Wildman–Crippen LogP) is -1.70. The monoisotopic (exact) mass is 366 g/mol. The Labute approximate surface area is 136 Å². The van der Waals surface area contributed by atoms with Gasteiger partial charge < -0.3 is 26.6 Å². The first-order valence-electron chi connectivity index (χ1n) is 5.52. The Morgan fingerprint density at radius 2 is 0.773 bits per heavy atom. The van der Waals surface area contributed by atoms with Gasteiger partial charge in [-0.25, -0.2) is 0 Å². The van der Waals surface area contributed by atoms with Crippen molar-refractivity contribution < 1.29 is 56.7 Å². The van der Waals surface area contributed by atoms with Gasteiger partial charge in [0, 0.05) is 13.1 Å². The van der Waals surface area contributed by atoms with Crippen molar-refractivity contribution in [1.29, 1.82) is 0 Å². The van der Waals surface area contributed by atoms with Crippen LogP contribution in [0.2, 0.25) is 0 Å². The summed E-state index contributed by atoms with van der Waals surface area (Å²) in [6.07, 6.45) is 0. The maximum absolute atomic E-state index is 10.6. The number of nitrogens with zero attached hydrogens (tertiary/aromatic N) is 2. The SMILES string of the molecule is O=C(O)CN(CCN(CC(=O)O)CC(=O)O)CC(=O)O.[Fe+2].[NH4+]. The van der Waals surface area contributed by atoms with Crippen LogP contribution in [0.15, 0.2) is 0 Å². The van der Waals surface area contributed by atoms with Crippen LogP contribution >= 0.6 is 0 Å². The molecular weight excluding hydrogens is 346 g/mol. The number of hydrogen-bond donors (Lipinski definition) is 5. The molecule has 0 unspecified atom stereocenters. The zero-order chi connectivity index (χ0) is 15.7. The molecule has 0 heterocycles. The van der Waals surface area contributed by atoms with Crippen molar-refractivity contribution in [2.24, 2.45) is 0 Å². The molecular formula is C10H20FeN3O8+3. The van der Waals surface area contributed by atoms with Crippen LogP contribution in [0.5, 0.6) is 0 Å². The quantitative estimate of drug-likeness (QED) is 0.263. The van der Waals surface area contributed by atoms with Crippen molar-refractivity contribution >= 4 is 23.9 Å². The average Bonchev–Trinajstić information content (AvgIpc) is 2.22. The fourth-order valence-corrected chi connectivity index (χ4v) is 1.48. The Morgan fingerprint density at radius 1 is 0.591 bits per heavy atom. The molecule has 0 aromatic carbocycles. The molecule has 0 spiro atoms. The van der Waals surface area contributed by atoms with E-state index in [1.54, 1.807) is 0 Å². The van der Waals surface area contributed by atoms with Gasteiger partial charge in [-0.3, -0.25) is 29.0 Å². The number of quaternary nitrogens is 1. The van der Waals surface area contributed by atoms with Crippen LogP contribution in [0.25, 0.3) is 0 Å². The summed E-state index contributed by atoms with van der Waals surface area (Å²) in [6, 6.07) is 0. The molecule has 0 saturated heterocycles. The summed E-state index contributed by atoms with van der Waals surface area (Å²) < 4.78 is 0. The molecule has 0 atom stereocenters. The van der Waals surface area contributed by atoms with Crippen LogP contribution in [0.1, 0.15) is 0 Å². The molecule has 0 bridgehead atoms. The Balaban J connectivity index is -0.00000180. The molecule has 0 aliphatic carbocycles. The van der Waals surface area contributed by atoms with E-state index in [2.05, 4.69) is 0 Å². The molecule has 12 heteroatoms. The minimum atomic E-state index is -1.23. The van der Waals surface area contributed by atoms with Gasteiger partial charge in [0.05, 0.1) is 26.2 Å². The Bertz CT molecular complexity index is 324. The smallest absolute Gasteiger partial charge is 0.480 e. The average molecular weight is 366 g/mol. The molecule has 0 rings (SSSR count). The number of carboxylic acids is 4. The number of rotatable bonds is 11. The second-order valence-corrected chi connectivity index (χ2v) is 4.00. The van der Waals surface area contributed by atoms with E-state index in [0.717, 1.165) is 9.80 Å². The van der Waals surface area contributed by atoms with Gasteiger partial charge in [-0.2, -0.15) is 0 Å². The number of aliphatic carboxylic acids is 4. The zero-order valence-electron chi connectivity index (χ0n) is 11.9. The van der Waals surface area contributed by atoms with E-state index in [-0.39, 0.29) is 36.3 Å². The molecule has 0 aliphatic heterocycles. The van der Waals surface area contributed by atoms with Gasteiger partial charge in [0.1, 0.15) is 0 Å². The van der Waals surface area contributed by atoms with E-state index in [4.69, 9.17) is 20.4 Å². The Morgan fingerprint density at radius 3 is 0.909 bits per heavy atom. The molecule has 11 nitrogen and oxygen atoms in total. The number of hydrogen-bond acceptors (Lipinski definition) is 6. The van der Waals surface area contributed by atoms with Gasteiger partial charge in [0.25, 0.3) is 0 Å². The normalized spacial score (nSPS) is 9.73. The second-order valence-electron chi connectivity index (χ2n) is 4.00. The van der Waals surface area contributed by atoms with E-state index in [1.807, 2.05) is 0 Å². The van der Waals surface area contributed by atoms with Crippen LogP contribution in [0.3, 0.4) is 0 Å². The summed E-state index contributed by atoms with van der Waals surface area (Å²) >= 11 is 0. The molecule has 0 aromatic heterocycles. The van der Waals surface area contributed by atoms with E-state index < -0.39 is 50.1 Å².